The molecular formula is C17H27NO2. The predicted molar refractivity (Wildman–Crippen MR) is 83.0 cm³/mol. The van der Waals surface area contributed by atoms with Gasteiger partial charge < -0.3 is 9.64 Å². The van der Waals surface area contributed by atoms with Crippen LogP contribution in [0.4, 0.5) is 0 Å². The summed E-state index contributed by atoms with van der Waals surface area (Å²) >= 11 is 0. The number of carbonyl (C=O) groups is 1. The van der Waals surface area contributed by atoms with E-state index in [2.05, 4.69) is 20.8 Å². The molecular weight excluding hydrogens is 250 g/mol. The van der Waals surface area contributed by atoms with Crippen LogP contribution in [0.5, 0.6) is 5.75 Å². The number of benzene rings is 1. The van der Waals surface area contributed by atoms with Gasteiger partial charge in [0.25, 0.3) is 5.91 Å². The number of carbonyl (C=O) groups excluding carboxylic acids is 1. The van der Waals surface area contributed by atoms with Gasteiger partial charge in [0.05, 0.1) is 0 Å². The van der Waals surface area contributed by atoms with Crippen molar-refractivity contribution in [2.75, 3.05) is 13.2 Å². The summed E-state index contributed by atoms with van der Waals surface area (Å²) in [5, 5.41) is 0. The topological polar surface area (TPSA) is 29.5 Å². The van der Waals surface area contributed by atoms with E-state index in [1.165, 1.54) is 5.56 Å². The van der Waals surface area contributed by atoms with Crippen LogP contribution in [0.1, 0.15) is 40.2 Å². The van der Waals surface area contributed by atoms with Crippen molar-refractivity contribution >= 4 is 5.91 Å². The van der Waals surface area contributed by atoms with E-state index in [1.807, 2.05) is 43.0 Å². The van der Waals surface area contributed by atoms with Gasteiger partial charge in [-0.2, -0.15) is 0 Å². The number of nitrogens with zero attached hydrogens (tertiary/aromatic N) is 1. The first-order chi connectivity index (χ1) is 9.43. The SMILES string of the molecule is CCc1ccc(OCC(=O)N(CC(C)C)C(C)C)cc1. The fourth-order valence-electron chi connectivity index (χ4n) is 2.04. The first kappa shape index (κ1) is 16.5. The van der Waals surface area contributed by atoms with Crippen molar-refractivity contribution in [2.45, 2.75) is 47.1 Å². The van der Waals surface area contributed by atoms with Gasteiger partial charge >= 0.3 is 0 Å². The van der Waals surface area contributed by atoms with E-state index in [-0.39, 0.29) is 18.6 Å². The smallest absolute Gasteiger partial charge is 0.260 e. The van der Waals surface area contributed by atoms with Gasteiger partial charge in [-0.3, -0.25) is 4.79 Å². The van der Waals surface area contributed by atoms with Gasteiger partial charge in [-0.1, -0.05) is 32.9 Å². The van der Waals surface area contributed by atoms with Gasteiger partial charge in [-0.05, 0) is 43.9 Å². The molecule has 3 heteroatoms. The highest BCUT2D eigenvalue weighted by Crippen LogP contribution is 2.13. The average Bonchev–Trinajstić information content (AvgIpc) is 2.42. The molecule has 1 aromatic carbocycles. The standard InChI is InChI=1S/C17H27NO2/c1-6-15-7-9-16(10-8-15)20-12-17(19)18(14(4)5)11-13(2)3/h7-10,13-14H,6,11-12H2,1-5H3. The van der Waals surface area contributed by atoms with Crippen LogP contribution in [-0.4, -0.2) is 30.0 Å². The van der Waals surface area contributed by atoms with Crippen LogP contribution < -0.4 is 4.74 Å². The van der Waals surface area contributed by atoms with Crippen molar-refractivity contribution in [3.05, 3.63) is 29.8 Å². The fourth-order valence-corrected chi connectivity index (χ4v) is 2.04. The molecule has 0 saturated heterocycles. The summed E-state index contributed by atoms with van der Waals surface area (Å²) in [6, 6.07) is 8.13. The van der Waals surface area contributed by atoms with Crippen molar-refractivity contribution in [2.24, 2.45) is 5.92 Å². The number of rotatable bonds is 7. The molecule has 3 nitrogen and oxygen atoms in total. The minimum Gasteiger partial charge on any atom is -0.484 e. The molecule has 0 saturated carbocycles. The molecule has 20 heavy (non-hydrogen) atoms. The Bertz CT molecular complexity index is 410. The summed E-state index contributed by atoms with van der Waals surface area (Å²) in [5.74, 6) is 1.27. The third-order valence-electron chi connectivity index (χ3n) is 3.20. The molecule has 0 aliphatic rings. The van der Waals surface area contributed by atoms with E-state index in [0.717, 1.165) is 18.7 Å². The molecule has 1 rings (SSSR count). The lowest BCUT2D eigenvalue weighted by Crippen LogP contribution is -2.42. The second-order valence-electron chi connectivity index (χ2n) is 5.82. The van der Waals surface area contributed by atoms with Gasteiger partial charge in [0.2, 0.25) is 0 Å². The summed E-state index contributed by atoms with van der Waals surface area (Å²) in [6.07, 6.45) is 1.01. The highest BCUT2D eigenvalue weighted by Gasteiger charge is 2.18. The monoisotopic (exact) mass is 277 g/mol. The highest BCUT2D eigenvalue weighted by molar-refractivity contribution is 5.78. The first-order valence-corrected chi connectivity index (χ1v) is 7.45. The van der Waals surface area contributed by atoms with Crippen LogP contribution in [0.3, 0.4) is 0 Å². The second kappa shape index (κ2) is 7.93. The van der Waals surface area contributed by atoms with Gasteiger partial charge in [0.15, 0.2) is 6.61 Å². The summed E-state index contributed by atoms with van der Waals surface area (Å²) in [4.78, 5) is 14.1. The van der Waals surface area contributed by atoms with Gasteiger partial charge in [0, 0.05) is 12.6 Å². The molecule has 0 heterocycles. The van der Waals surface area contributed by atoms with Crippen LogP contribution in [0.15, 0.2) is 24.3 Å². The van der Waals surface area contributed by atoms with E-state index >= 15 is 0 Å². The van der Waals surface area contributed by atoms with Crippen LogP contribution in [0.2, 0.25) is 0 Å². The number of aryl methyl sites for hydroxylation is 1. The zero-order valence-corrected chi connectivity index (χ0v) is 13.3. The van der Waals surface area contributed by atoms with Crippen molar-refractivity contribution < 1.29 is 9.53 Å². The zero-order valence-electron chi connectivity index (χ0n) is 13.3. The van der Waals surface area contributed by atoms with E-state index in [0.29, 0.717) is 5.92 Å². The van der Waals surface area contributed by atoms with Crippen molar-refractivity contribution in [1.29, 1.82) is 0 Å². The molecule has 0 aliphatic carbocycles. The molecule has 0 fully saturated rings. The number of ether oxygens (including phenoxy) is 1. The molecule has 1 amide bonds. The Morgan fingerprint density at radius 3 is 2.20 bits per heavy atom. The Balaban J connectivity index is 2.55. The first-order valence-electron chi connectivity index (χ1n) is 7.45. The largest absolute Gasteiger partial charge is 0.484 e. The summed E-state index contributed by atoms with van der Waals surface area (Å²) < 4.78 is 5.59. The normalized spacial score (nSPS) is 10.9. The van der Waals surface area contributed by atoms with Crippen molar-refractivity contribution in [3.63, 3.8) is 0 Å². The lowest BCUT2D eigenvalue weighted by atomic mass is 10.1. The van der Waals surface area contributed by atoms with E-state index in [1.54, 1.807) is 0 Å². The summed E-state index contributed by atoms with van der Waals surface area (Å²) in [7, 11) is 0. The maximum atomic E-state index is 12.2. The molecule has 0 bridgehead atoms. The number of hydrogen-bond acceptors (Lipinski definition) is 2. The van der Waals surface area contributed by atoms with Crippen molar-refractivity contribution in [1.82, 2.24) is 4.90 Å². The molecule has 0 spiro atoms. The van der Waals surface area contributed by atoms with Crippen LogP contribution in [0.25, 0.3) is 0 Å². The highest BCUT2D eigenvalue weighted by atomic mass is 16.5. The van der Waals surface area contributed by atoms with Gasteiger partial charge in [-0.25, -0.2) is 0 Å². The fraction of sp³-hybridized carbons (Fsp3) is 0.588. The average molecular weight is 277 g/mol. The quantitative estimate of drug-likeness (QED) is 0.763. The maximum absolute atomic E-state index is 12.2. The summed E-state index contributed by atoms with van der Waals surface area (Å²) in [5.41, 5.74) is 1.27. The Morgan fingerprint density at radius 1 is 1.15 bits per heavy atom. The Hall–Kier alpha value is -1.51. The molecule has 112 valence electrons. The lowest BCUT2D eigenvalue weighted by Gasteiger charge is -2.28. The molecule has 1 aromatic rings. The minimum atomic E-state index is 0.0493. The molecule has 0 radical (unpaired) electrons. The Morgan fingerprint density at radius 2 is 1.75 bits per heavy atom. The molecule has 0 atom stereocenters. The van der Waals surface area contributed by atoms with E-state index in [9.17, 15) is 4.79 Å². The van der Waals surface area contributed by atoms with Crippen LogP contribution in [-0.2, 0) is 11.2 Å². The summed E-state index contributed by atoms with van der Waals surface area (Å²) in [6.45, 7) is 11.3. The van der Waals surface area contributed by atoms with Crippen molar-refractivity contribution in [3.8, 4) is 5.75 Å². The van der Waals surface area contributed by atoms with E-state index in [4.69, 9.17) is 4.74 Å². The lowest BCUT2D eigenvalue weighted by molar-refractivity contribution is -0.135. The predicted octanol–water partition coefficient (Wildman–Crippen LogP) is 3.52. The number of amides is 1. The third-order valence-corrected chi connectivity index (χ3v) is 3.20. The minimum absolute atomic E-state index is 0.0493. The Kier molecular flexibility index (Phi) is 6.56. The molecule has 0 N–H and O–H groups in total. The Labute approximate surface area is 122 Å². The van der Waals surface area contributed by atoms with Crippen LogP contribution in [0, 0.1) is 5.92 Å². The number of hydrogen-bond donors (Lipinski definition) is 0. The van der Waals surface area contributed by atoms with Gasteiger partial charge in [0.1, 0.15) is 5.75 Å². The molecule has 0 aromatic heterocycles. The van der Waals surface area contributed by atoms with Gasteiger partial charge in [-0.15, -0.1) is 0 Å². The van der Waals surface area contributed by atoms with E-state index < -0.39 is 0 Å². The molecule has 0 unspecified atom stereocenters. The third kappa shape index (κ3) is 5.24. The molecule has 0 aliphatic heterocycles. The zero-order chi connectivity index (χ0) is 15.1. The maximum Gasteiger partial charge on any atom is 0.260 e. The van der Waals surface area contributed by atoms with Crippen LogP contribution >= 0.6 is 0 Å². The second-order valence-corrected chi connectivity index (χ2v) is 5.82.